The van der Waals surface area contributed by atoms with Crippen molar-refractivity contribution in [2.75, 3.05) is 4.90 Å². The quantitative estimate of drug-likeness (QED) is 0.131. The molecule has 1 aliphatic heterocycles. The molecule has 0 aromatic heterocycles. The molecular weight excluding hydrogens is 807 g/mol. The predicted octanol–water partition coefficient (Wildman–Crippen LogP) is 18.1. The Kier molecular flexibility index (Phi) is 10.6. The summed E-state index contributed by atoms with van der Waals surface area (Å²) in [6, 6.07) is 85.5. The van der Waals surface area contributed by atoms with Gasteiger partial charge in [-0.2, -0.15) is 0 Å². The Morgan fingerprint density at radius 1 is 0.358 bits per heavy atom. The summed E-state index contributed by atoms with van der Waals surface area (Å²) in [5, 5.41) is 4.93. The second-order valence-corrected chi connectivity index (χ2v) is 17.9. The van der Waals surface area contributed by atoms with Crippen LogP contribution in [0.5, 0.6) is 0 Å². The van der Waals surface area contributed by atoms with Gasteiger partial charge in [-0.05, 0) is 167 Å². The van der Waals surface area contributed by atoms with Gasteiger partial charge in [0.25, 0.3) is 0 Å². The van der Waals surface area contributed by atoms with Crippen LogP contribution < -0.4 is 4.90 Å². The number of rotatable bonds is 9. The smallest absolute Gasteiger partial charge is 0.0626 e. The van der Waals surface area contributed by atoms with Gasteiger partial charge in [-0.3, -0.25) is 0 Å². The molecule has 0 radical (unpaired) electrons. The van der Waals surface area contributed by atoms with E-state index < -0.39 is 0 Å². The monoisotopic (exact) mass is 855 g/mol. The van der Waals surface area contributed by atoms with Crippen LogP contribution in [-0.4, -0.2) is 0 Å². The molecule has 0 bridgehead atoms. The molecule has 0 saturated carbocycles. The summed E-state index contributed by atoms with van der Waals surface area (Å²) in [4.78, 5) is 2.64. The maximum atomic E-state index is 2.64. The van der Waals surface area contributed by atoms with Crippen LogP contribution in [0, 0.1) is 0 Å². The summed E-state index contributed by atoms with van der Waals surface area (Å²) in [7, 11) is 0. The molecule has 0 saturated heterocycles. The molecule has 1 atom stereocenters. The first-order chi connectivity index (χ1) is 33.2. The van der Waals surface area contributed by atoms with Crippen LogP contribution in [0.1, 0.15) is 30.9 Å². The van der Waals surface area contributed by atoms with Crippen LogP contribution in [0.2, 0.25) is 0 Å². The summed E-state index contributed by atoms with van der Waals surface area (Å²) in [5.41, 5.74) is 19.7. The van der Waals surface area contributed by atoms with Crippen LogP contribution in [0.15, 0.2) is 266 Å². The summed E-state index contributed by atoms with van der Waals surface area (Å²) < 4.78 is 0. The lowest BCUT2D eigenvalue weighted by atomic mass is 9.83. The topological polar surface area (TPSA) is 3.24 Å². The van der Waals surface area contributed by atoms with Crippen molar-refractivity contribution in [1.29, 1.82) is 0 Å². The lowest BCUT2D eigenvalue weighted by molar-refractivity contribution is 0.729. The van der Waals surface area contributed by atoms with Crippen molar-refractivity contribution in [3.05, 3.63) is 272 Å². The fourth-order valence-corrected chi connectivity index (χ4v) is 10.6. The van der Waals surface area contributed by atoms with Crippen molar-refractivity contribution < 1.29 is 0 Å². The molecule has 67 heavy (non-hydrogen) atoms. The molecule has 0 amide bonds. The first kappa shape index (κ1) is 40.3. The summed E-state index contributed by atoms with van der Waals surface area (Å²) in [6.07, 6.45) is 12.4. The zero-order valence-electron chi connectivity index (χ0n) is 37.4. The Bertz CT molecular complexity index is 3400. The Hall–Kier alpha value is -8.26. The van der Waals surface area contributed by atoms with Gasteiger partial charge >= 0.3 is 0 Å². The highest BCUT2D eigenvalue weighted by Gasteiger charge is 2.31. The largest absolute Gasteiger partial charge is 0.334 e. The van der Waals surface area contributed by atoms with Gasteiger partial charge in [0, 0.05) is 11.4 Å². The highest BCUT2D eigenvalue weighted by atomic mass is 15.2. The van der Waals surface area contributed by atoms with E-state index in [0.29, 0.717) is 0 Å². The number of benzene rings is 10. The molecule has 0 spiro atoms. The molecule has 10 aromatic rings. The number of allylic oxidation sites excluding steroid dienone is 4. The van der Waals surface area contributed by atoms with E-state index in [9.17, 15) is 0 Å². The van der Waals surface area contributed by atoms with E-state index >= 15 is 0 Å². The number of fused-ring (bicyclic) bond motifs is 2. The lowest BCUT2D eigenvalue weighted by Gasteiger charge is -2.32. The third kappa shape index (κ3) is 7.69. The maximum Gasteiger partial charge on any atom is 0.0626 e. The van der Waals surface area contributed by atoms with E-state index in [1.54, 1.807) is 0 Å². The standard InChI is InChI=1S/C66H49N/c1-7-21-46(22-8-1)52-39-53(47-23-9-2-10-24-47)42-56(41-52)65-59-33-19-20-34-60(59)66(57-43-54(48-25-11-3-12-26-48)40-55(44-57)49-27-13-4-14-28-49)62-45-58(35-36-61(62)65)67-63(50-29-15-5-16-30-50)37-38-64(67)51-31-17-6-18-32-51/h1-17,19-31,33-36,38-45,63H,18,32,37H2. The Labute approximate surface area is 394 Å². The zero-order valence-corrected chi connectivity index (χ0v) is 37.4. The number of nitrogens with zero attached hydrogens (tertiary/aromatic N) is 1. The molecule has 2 aliphatic rings. The van der Waals surface area contributed by atoms with Crippen molar-refractivity contribution in [2.45, 2.75) is 25.3 Å². The minimum atomic E-state index is 0.172. The summed E-state index contributed by atoms with van der Waals surface area (Å²) >= 11 is 0. The van der Waals surface area contributed by atoms with Crippen molar-refractivity contribution in [2.24, 2.45) is 0 Å². The van der Waals surface area contributed by atoms with E-state index in [2.05, 4.69) is 260 Å². The average Bonchev–Trinajstić information content (AvgIpc) is 3.87. The normalized spacial score (nSPS) is 14.6. The van der Waals surface area contributed by atoms with Crippen molar-refractivity contribution in [3.63, 3.8) is 0 Å². The van der Waals surface area contributed by atoms with Gasteiger partial charge in [-0.15, -0.1) is 0 Å². The molecule has 1 aliphatic carbocycles. The van der Waals surface area contributed by atoms with Gasteiger partial charge in [-0.1, -0.05) is 206 Å². The van der Waals surface area contributed by atoms with Gasteiger partial charge in [0.2, 0.25) is 0 Å². The fraction of sp³-hybridized carbons (Fsp3) is 0.0606. The van der Waals surface area contributed by atoms with E-state index in [1.807, 2.05) is 0 Å². The van der Waals surface area contributed by atoms with Crippen molar-refractivity contribution in [3.8, 4) is 66.8 Å². The Morgan fingerprint density at radius 2 is 0.776 bits per heavy atom. The average molecular weight is 856 g/mol. The van der Waals surface area contributed by atoms with Gasteiger partial charge in [-0.25, -0.2) is 0 Å². The molecule has 318 valence electrons. The van der Waals surface area contributed by atoms with Crippen molar-refractivity contribution in [1.82, 2.24) is 0 Å². The highest BCUT2D eigenvalue weighted by Crippen LogP contribution is 2.50. The van der Waals surface area contributed by atoms with Crippen LogP contribution in [0.4, 0.5) is 5.69 Å². The number of anilines is 1. The van der Waals surface area contributed by atoms with Gasteiger partial charge in [0.15, 0.2) is 0 Å². The Morgan fingerprint density at radius 3 is 1.24 bits per heavy atom. The molecule has 1 nitrogen and oxygen atoms in total. The van der Waals surface area contributed by atoms with E-state index in [0.717, 1.165) is 19.3 Å². The predicted molar refractivity (Wildman–Crippen MR) is 285 cm³/mol. The SMILES string of the molecule is C1=CCCC(C2=CCC(c3ccccc3)N2c2ccc3c(-c4cc(-c5ccccc5)cc(-c5ccccc5)c4)c4ccccc4c(-c4cc(-c5ccccc5)cc(-c5ccccc5)c4)c3c2)=C1. The van der Waals surface area contributed by atoms with Crippen LogP contribution in [-0.2, 0) is 0 Å². The first-order valence-corrected chi connectivity index (χ1v) is 23.6. The van der Waals surface area contributed by atoms with E-state index in [4.69, 9.17) is 0 Å². The van der Waals surface area contributed by atoms with Gasteiger partial charge < -0.3 is 4.90 Å². The molecule has 12 rings (SSSR count). The number of hydrogen-bond acceptors (Lipinski definition) is 1. The zero-order chi connectivity index (χ0) is 44.5. The van der Waals surface area contributed by atoms with Gasteiger partial charge in [0.05, 0.1) is 6.04 Å². The molecule has 1 unspecified atom stereocenters. The third-order valence-electron chi connectivity index (χ3n) is 13.8. The summed E-state index contributed by atoms with van der Waals surface area (Å²) in [5.74, 6) is 0. The fourth-order valence-electron chi connectivity index (χ4n) is 10.6. The first-order valence-electron chi connectivity index (χ1n) is 23.6. The molecule has 0 fully saturated rings. The van der Waals surface area contributed by atoms with Gasteiger partial charge in [0.1, 0.15) is 0 Å². The highest BCUT2D eigenvalue weighted by molar-refractivity contribution is 6.22. The molecule has 0 N–H and O–H groups in total. The lowest BCUT2D eigenvalue weighted by Crippen LogP contribution is -2.24. The molecular formula is C66H49N. The number of hydrogen-bond donors (Lipinski definition) is 0. The van der Waals surface area contributed by atoms with E-state index in [-0.39, 0.29) is 6.04 Å². The second-order valence-electron chi connectivity index (χ2n) is 17.9. The minimum Gasteiger partial charge on any atom is -0.334 e. The van der Waals surface area contributed by atoms with Crippen LogP contribution >= 0.6 is 0 Å². The maximum absolute atomic E-state index is 2.64. The molecule has 1 heterocycles. The second kappa shape index (κ2) is 17.6. The third-order valence-corrected chi connectivity index (χ3v) is 13.8. The molecule has 1 heteroatoms. The molecule has 10 aromatic carbocycles. The Balaban J connectivity index is 1.18. The summed E-state index contributed by atoms with van der Waals surface area (Å²) in [6.45, 7) is 0. The van der Waals surface area contributed by atoms with Crippen LogP contribution in [0.3, 0.4) is 0 Å². The van der Waals surface area contributed by atoms with Crippen molar-refractivity contribution >= 4 is 27.2 Å². The minimum absolute atomic E-state index is 0.172. The van der Waals surface area contributed by atoms with Crippen LogP contribution in [0.25, 0.3) is 88.3 Å². The van der Waals surface area contributed by atoms with E-state index in [1.165, 1.54) is 111 Å².